The molecule has 24 heavy (non-hydrogen) atoms. The van der Waals surface area contributed by atoms with Gasteiger partial charge in [0.15, 0.2) is 12.4 Å². The van der Waals surface area contributed by atoms with E-state index in [4.69, 9.17) is 18.9 Å². The summed E-state index contributed by atoms with van der Waals surface area (Å²) >= 11 is 0. The lowest BCUT2D eigenvalue weighted by Crippen LogP contribution is -2.64. The molecule has 1 fully saturated rings. The van der Waals surface area contributed by atoms with Gasteiger partial charge in [-0.3, -0.25) is 0 Å². The van der Waals surface area contributed by atoms with Gasteiger partial charge in [0.05, 0.1) is 11.7 Å². The number of rotatable bonds is 5. The normalized spacial score (nSPS) is 29.7. The Morgan fingerprint density at radius 3 is 2.54 bits per heavy atom. The van der Waals surface area contributed by atoms with Crippen LogP contribution in [0.5, 0.6) is 0 Å². The van der Waals surface area contributed by atoms with Gasteiger partial charge in [-0.25, -0.2) is 4.79 Å². The first kappa shape index (κ1) is 18.9. The first-order chi connectivity index (χ1) is 11.2. The molecule has 0 spiro atoms. The number of methoxy groups -OCH3 is 1. The summed E-state index contributed by atoms with van der Waals surface area (Å²) < 4.78 is 22.5. The number of nitrogens with one attached hydrogen (secondary N) is 1. The van der Waals surface area contributed by atoms with Crippen LogP contribution in [0.25, 0.3) is 0 Å². The Balaban J connectivity index is 2.23. The molecule has 2 N–H and O–H groups in total. The van der Waals surface area contributed by atoms with Gasteiger partial charge in [-0.05, 0) is 46.8 Å². The summed E-state index contributed by atoms with van der Waals surface area (Å²) in [5, 5.41) is 10.6. The molecule has 0 radical (unpaired) electrons. The Bertz CT molecular complexity index is 567. The predicted octanol–water partition coefficient (Wildman–Crippen LogP) is 1.78. The van der Waals surface area contributed by atoms with Gasteiger partial charge in [0.1, 0.15) is 17.9 Å². The molecule has 0 aliphatic carbocycles. The van der Waals surface area contributed by atoms with Gasteiger partial charge in [-0.1, -0.05) is 0 Å². The van der Waals surface area contributed by atoms with E-state index < -0.39 is 36.2 Å². The van der Waals surface area contributed by atoms with Crippen LogP contribution in [0, 0.1) is 6.92 Å². The molecule has 0 amide bonds. The molecule has 7 nitrogen and oxygen atoms in total. The van der Waals surface area contributed by atoms with E-state index in [9.17, 15) is 9.90 Å². The highest BCUT2D eigenvalue weighted by Gasteiger charge is 2.52. The SMILES string of the molecule is CO[C@@H]1C(OC(=O)c2ccc(C)[nH]2)C(O)[C@H](OC(C)C)OC1(C)C. The first-order valence-electron chi connectivity index (χ1n) is 8.06. The molecule has 4 atom stereocenters. The number of aryl methyl sites for hydroxylation is 1. The van der Waals surface area contributed by atoms with E-state index in [0.29, 0.717) is 5.69 Å². The standard InChI is InChI=1S/C17H27NO6/c1-9(2)22-16-12(19)13(14(21-6)17(4,5)24-16)23-15(20)11-8-7-10(3)18-11/h7-9,12-14,16,18-19H,1-6H3/t12?,13?,14-,16-/m1/s1. The number of hydrogen-bond donors (Lipinski definition) is 2. The highest BCUT2D eigenvalue weighted by molar-refractivity contribution is 5.87. The van der Waals surface area contributed by atoms with E-state index in [1.807, 2.05) is 34.6 Å². The maximum Gasteiger partial charge on any atom is 0.355 e. The molecule has 7 heteroatoms. The summed E-state index contributed by atoms with van der Waals surface area (Å²) in [7, 11) is 1.49. The van der Waals surface area contributed by atoms with Crippen LogP contribution >= 0.6 is 0 Å². The Kier molecular flexibility index (Phi) is 5.70. The van der Waals surface area contributed by atoms with E-state index in [-0.39, 0.29) is 6.10 Å². The summed E-state index contributed by atoms with van der Waals surface area (Å²) in [5.41, 5.74) is 0.365. The first-order valence-corrected chi connectivity index (χ1v) is 8.06. The summed E-state index contributed by atoms with van der Waals surface area (Å²) in [6.45, 7) is 9.14. The molecule has 136 valence electrons. The van der Waals surface area contributed by atoms with Crippen LogP contribution < -0.4 is 0 Å². The number of carbonyl (C=O) groups is 1. The summed E-state index contributed by atoms with van der Waals surface area (Å²) in [4.78, 5) is 15.3. The Hall–Kier alpha value is -1.41. The Morgan fingerprint density at radius 2 is 2.04 bits per heavy atom. The Morgan fingerprint density at radius 1 is 1.38 bits per heavy atom. The number of aliphatic hydroxyl groups excluding tert-OH is 1. The van der Waals surface area contributed by atoms with Gasteiger partial charge < -0.3 is 29.0 Å². The molecular weight excluding hydrogens is 314 g/mol. The van der Waals surface area contributed by atoms with E-state index in [2.05, 4.69) is 4.98 Å². The van der Waals surface area contributed by atoms with Gasteiger partial charge in [-0.15, -0.1) is 0 Å². The fourth-order valence-corrected chi connectivity index (χ4v) is 2.90. The highest BCUT2D eigenvalue weighted by atomic mass is 16.7. The van der Waals surface area contributed by atoms with Gasteiger partial charge in [-0.2, -0.15) is 0 Å². The predicted molar refractivity (Wildman–Crippen MR) is 86.7 cm³/mol. The van der Waals surface area contributed by atoms with Crippen molar-refractivity contribution in [3.05, 3.63) is 23.5 Å². The maximum atomic E-state index is 12.4. The number of H-pyrrole nitrogens is 1. The summed E-state index contributed by atoms with van der Waals surface area (Å²) in [5.74, 6) is -0.560. The van der Waals surface area contributed by atoms with Crippen molar-refractivity contribution in [2.24, 2.45) is 0 Å². The summed E-state index contributed by atoms with van der Waals surface area (Å²) in [6, 6.07) is 3.41. The molecule has 1 aliphatic heterocycles. The molecule has 0 saturated carbocycles. The van der Waals surface area contributed by atoms with Crippen molar-refractivity contribution >= 4 is 5.97 Å². The van der Waals surface area contributed by atoms with E-state index in [1.54, 1.807) is 12.1 Å². The lowest BCUT2D eigenvalue weighted by Gasteiger charge is -2.48. The van der Waals surface area contributed by atoms with E-state index in [0.717, 1.165) is 5.69 Å². The minimum atomic E-state index is -1.16. The second kappa shape index (κ2) is 7.23. The molecule has 1 aliphatic rings. The minimum Gasteiger partial charge on any atom is -0.452 e. The number of ether oxygens (including phenoxy) is 4. The second-order valence-corrected chi connectivity index (χ2v) is 6.85. The zero-order chi connectivity index (χ0) is 18.1. The number of aromatic amines is 1. The maximum absolute atomic E-state index is 12.4. The van der Waals surface area contributed by atoms with Crippen LogP contribution in [-0.2, 0) is 18.9 Å². The topological polar surface area (TPSA) is 90.0 Å². The molecule has 1 aromatic rings. The second-order valence-electron chi connectivity index (χ2n) is 6.85. The lowest BCUT2D eigenvalue weighted by atomic mass is 9.89. The zero-order valence-corrected chi connectivity index (χ0v) is 15.0. The average molecular weight is 341 g/mol. The Labute approximate surface area is 142 Å². The van der Waals surface area contributed by atoms with E-state index >= 15 is 0 Å². The minimum absolute atomic E-state index is 0.151. The third kappa shape index (κ3) is 3.97. The molecule has 1 saturated heterocycles. The third-order valence-electron chi connectivity index (χ3n) is 3.97. The van der Waals surface area contributed by atoms with Gasteiger partial charge >= 0.3 is 5.97 Å². The molecule has 2 rings (SSSR count). The number of aromatic nitrogens is 1. The molecule has 2 unspecified atom stereocenters. The van der Waals surface area contributed by atoms with Crippen molar-refractivity contribution in [3.63, 3.8) is 0 Å². The van der Waals surface area contributed by atoms with Crippen molar-refractivity contribution in [1.29, 1.82) is 0 Å². The highest BCUT2D eigenvalue weighted by Crippen LogP contribution is 2.34. The van der Waals surface area contributed by atoms with Crippen molar-refractivity contribution in [2.45, 2.75) is 70.9 Å². The fraction of sp³-hybridized carbons (Fsp3) is 0.706. The molecule has 0 aromatic carbocycles. The van der Waals surface area contributed by atoms with Gasteiger partial charge in [0, 0.05) is 12.8 Å². The van der Waals surface area contributed by atoms with Crippen molar-refractivity contribution < 1.29 is 28.8 Å². The van der Waals surface area contributed by atoms with E-state index in [1.165, 1.54) is 7.11 Å². The monoisotopic (exact) mass is 341 g/mol. The quantitative estimate of drug-likeness (QED) is 0.794. The van der Waals surface area contributed by atoms with Crippen molar-refractivity contribution in [1.82, 2.24) is 4.98 Å². The van der Waals surface area contributed by atoms with Crippen LogP contribution in [0.4, 0.5) is 0 Å². The molecular formula is C17H27NO6. The van der Waals surface area contributed by atoms with Crippen LogP contribution in [0.2, 0.25) is 0 Å². The number of esters is 1. The van der Waals surface area contributed by atoms with Gasteiger partial charge in [0.25, 0.3) is 0 Å². The van der Waals surface area contributed by atoms with Crippen molar-refractivity contribution in [3.8, 4) is 0 Å². The zero-order valence-electron chi connectivity index (χ0n) is 15.0. The molecule has 0 bridgehead atoms. The smallest absolute Gasteiger partial charge is 0.355 e. The van der Waals surface area contributed by atoms with Crippen LogP contribution in [0.3, 0.4) is 0 Å². The molecule has 1 aromatic heterocycles. The molecule has 2 heterocycles. The van der Waals surface area contributed by atoms with Gasteiger partial charge in [0.2, 0.25) is 0 Å². The van der Waals surface area contributed by atoms with Crippen LogP contribution in [0.1, 0.15) is 43.9 Å². The number of hydrogen-bond acceptors (Lipinski definition) is 6. The number of aliphatic hydroxyl groups is 1. The van der Waals surface area contributed by atoms with Crippen LogP contribution in [-0.4, -0.2) is 59.5 Å². The summed E-state index contributed by atoms with van der Waals surface area (Å²) in [6.07, 6.45) is -3.78. The lowest BCUT2D eigenvalue weighted by molar-refractivity contribution is -0.332. The third-order valence-corrected chi connectivity index (χ3v) is 3.97. The van der Waals surface area contributed by atoms with Crippen LogP contribution in [0.15, 0.2) is 12.1 Å². The van der Waals surface area contributed by atoms with Crippen molar-refractivity contribution in [2.75, 3.05) is 7.11 Å². The average Bonchev–Trinajstić information content (AvgIpc) is 2.90. The fourth-order valence-electron chi connectivity index (χ4n) is 2.90. The largest absolute Gasteiger partial charge is 0.452 e. The number of carbonyl (C=O) groups excluding carboxylic acids is 1.